The molecule has 0 aromatic heterocycles. The molecule has 2 atom stereocenters. The Hall–Kier alpha value is -0.580. The monoisotopic (exact) mass is 315 g/mol. The van der Waals surface area contributed by atoms with Crippen molar-refractivity contribution in [1.29, 1.82) is 0 Å². The van der Waals surface area contributed by atoms with E-state index in [2.05, 4.69) is 41.2 Å². The van der Waals surface area contributed by atoms with Gasteiger partial charge in [-0.15, -0.1) is 0 Å². The second-order valence-electron chi connectivity index (χ2n) is 4.35. The Labute approximate surface area is 118 Å². The van der Waals surface area contributed by atoms with Crippen LogP contribution in [0.5, 0.6) is 5.75 Å². The maximum absolute atomic E-state index is 5.92. The lowest BCUT2D eigenvalue weighted by molar-refractivity contribution is 0.0910. The first-order chi connectivity index (χ1) is 8.58. The molecule has 0 radical (unpaired) electrons. The van der Waals surface area contributed by atoms with E-state index in [0.29, 0.717) is 6.61 Å². The van der Waals surface area contributed by atoms with Gasteiger partial charge < -0.3 is 14.8 Å². The smallest absolute Gasteiger partial charge is 0.124 e. The van der Waals surface area contributed by atoms with Gasteiger partial charge in [-0.2, -0.15) is 0 Å². The maximum atomic E-state index is 5.92. The molecule has 0 amide bonds. The lowest BCUT2D eigenvalue weighted by Crippen LogP contribution is -2.22. The molecule has 2 unspecified atom stereocenters. The van der Waals surface area contributed by atoms with Gasteiger partial charge in [0.05, 0.1) is 6.61 Å². The van der Waals surface area contributed by atoms with E-state index in [0.717, 1.165) is 22.3 Å². The minimum absolute atomic E-state index is 0.0451. The van der Waals surface area contributed by atoms with Crippen molar-refractivity contribution in [2.75, 3.05) is 20.3 Å². The van der Waals surface area contributed by atoms with Crippen LogP contribution < -0.4 is 10.1 Å². The Morgan fingerprint density at radius 3 is 2.67 bits per heavy atom. The molecule has 1 N–H and O–H groups in total. The third-order valence-corrected chi connectivity index (χ3v) is 3.17. The molecule has 0 bridgehead atoms. The van der Waals surface area contributed by atoms with E-state index in [9.17, 15) is 0 Å². The van der Waals surface area contributed by atoms with Gasteiger partial charge in [-0.3, -0.25) is 0 Å². The summed E-state index contributed by atoms with van der Waals surface area (Å²) in [4.78, 5) is 0. The number of ether oxygens (including phenoxy) is 2. The van der Waals surface area contributed by atoms with Gasteiger partial charge in [-0.25, -0.2) is 0 Å². The molecule has 18 heavy (non-hydrogen) atoms. The summed E-state index contributed by atoms with van der Waals surface area (Å²) in [5.41, 5.74) is 1.16. The fourth-order valence-corrected chi connectivity index (χ4v) is 2.25. The normalized spacial score (nSPS) is 14.3. The van der Waals surface area contributed by atoms with E-state index in [1.807, 2.05) is 19.1 Å². The molecule has 0 aliphatic carbocycles. The fraction of sp³-hybridized carbons (Fsp3) is 0.571. The SMILES string of the molecule is CCNC(C)c1cc(Br)ccc1OC(C)COC. The van der Waals surface area contributed by atoms with Crippen molar-refractivity contribution in [1.82, 2.24) is 5.32 Å². The first-order valence-electron chi connectivity index (χ1n) is 6.26. The van der Waals surface area contributed by atoms with Crippen LogP contribution in [0.3, 0.4) is 0 Å². The van der Waals surface area contributed by atoms with E-state index in [4.69, 9.17) is 9.47 Å². The van der Waals surface area contributed by atoms with Gasteiger partial charge in [-0.1, -0.05) is 22.9 Å². The first kappa shape index (κ1) is 15.5. The number of methoxy groups -OCH3 is 1. The highest BCUT2D eigenvalue weighted by atomic mass is 79.9. The van der Waals surface area contributed by atoms with Crippen LogP contribution in [0.1, 0.15) is 32.4 Å². The summed E-state index contributed by atoms with van der Waals surface area (Å²) in [6.45, 7) is 7.76. The Bertz CT molecular complexity index is 371. The fourth-order valence-electron chi connectivity index (χ4n) is 1.87. The maximum Gasteiger partial charge on any atom is 0.124 e. The lowest BCUT2D eigenvalue weighted by Gasteiger charge is -2.21. The molecule has 1 aromatic carbocycles. The zero-order valence-electron chi connectivity index (χ0n) is 11.5. The molecule has 3 nitrogen and oxygen atoms in total. The molecule has 1 aromatic rings. The summed E-state index contributed by atoms with van der Waals surface area (Å²) >= 11 is 3.50. The highest BCUT2D eigenvalue weighted by Gasteiger charge is 2.13. The van der Waals surface area contributed by atoms with Crippen LogP contribution in [-0.2, 0) is 4.74 Å². The number of halogens is 1. The Kier molecular flexibility index (Phi) is 6.68. The van der Waals surface area contributed by atoms with Crippen LogP contribution in [0.15, 0.2) is 22.7 Å². The predicted molar refractivity (Wildman–Crippen MR) is 78.2 cm³/mol. The van der Waals surface area contributed by atoms with Crippen molar-refractivity contribution in [3.05, 3.63) is 28.2 Å². The lowest BCUT2D eigenvalue weighted by atomic mass is 10.1. The van der Waals surface area contributed by atoms with Gasteiger partial charge in [0.1, 0.15) is 11.9 Å². The number of rotatable bonds is 7. The van der Waals surface area contributed by atoms with Crippen molar-refractivity contribution in [2.24, 2.45) is 0 Å². The Morgan fingerprint density at radius 1 is 1.33 bits per heavy atom. The quantitative estimate of drug-likeness (QED) is 0.835. The molecule has 102 valence electrons. The third kappa shape index (κ3) is 4.59. The molecule has 0 saturated heterocycles. The van der Waals surface area contributed by atoms with E-state index in [1.54, 1.807) is 7.11 Å². The highest BCUT2D eigenvalue weighted by molar-refractivity contribution is 9.10. The average Bonchev–Trinajstić information content (AvgIpc) is 2.32. The summed E-state index contributed by atoms with van der Waals surface area (Å²) < 4.78 is 12.1. The summed E-state index contributed by atoms with van der Waals surface area (Å²) in [5.74, 6) is 0.913. The molecule has 0 heterocycles. The molecule has 0 aliphatic heterocycles. The summed E-state index contributed by atoms with van der Waals surface area (Å²) in [6, 6.07) is 6.36. The highest BCUT2D eigenvalue weighted by Crippen LogP contribution is 2.29. The van der Waals surface area contributed by atoms with Gasteiger partial charge in [-0.05, 0) is 38.6 Å². The van der Waals surface area contributed by atoms with Gasteiger partial charge in [0, 0.05) is 23.2 Å². The number of hydrogen-bond acceptors (Lipinski definition) is 3. The minimum atomic E-state index is 0.0451. The minimum Gasteiger partial charge on any atom is -0.488 e. The largest absolute Gasteiger partial charge is 0.488 e. The van der Waals surface area contributed by atoms with Crippen LogP contribution in [0, 0.1) is 0 Å². The van der Waals surface area contributed by atoms with E-state index < -0.39 is 0 Å². The van der Waals surface area contributed by atoms with Crippen molar-refractivity contribution < 1.29 is 9.47 Å². The van der Waals surface area contributed by atoms with Crippen LogP contribution in [0.2, 0.25) is 0 Å². The van der Waals surface area contributed by atoms with Gasteiger partial charge in [0.2, 0.25) is 0 Å². The van der Waals surface area contributed by atoms with Gasteiger partial charge >= 0.3 is 0 Å². The molecule has 0 aliphatic rings. The van der Waals surface area contributed by atoms with Crippen molar-refractivity contribution in [2.45, 2.75) is 32.9 Å². The van der Waals surface area contributed by atoms with Crippen LogP contribution >= 0.6 is 15.9 Å². The van der Waals surface area contributed by atoms with Gasteiger partial charge in [0.15, 0.2) is 0 Å². The van der Waals surface area contributed by atoms with Crippen molar-refractivity contribution in [3.8, 4) is 5.75 Å². The van der Waals surface area contributed by atoms with Crippen LogP contribution in [0.4, 0.5) is 0 Å². The molecule has 4 heteroatoms. The Balaban J connectivity index is 2.88. The number of benzene rings is 1. The van der Waals surface area contributed by atoms with Crippen LogP contribution in [0.25, 0.3) is 0 Å². The van der Waals surface area contributed by atoms with E-state index >= 15 is 0 Å². The zero-order chi connectivity index (χ0) is 13.5. The van der Waals surface area contributed by atoms with Crippen molar-refractivity contribution >= 4 is 15.9 Å². The van der Waals surface area contributed by atoms with E-state index in [1.165, 1.54) is 0 Å². The van der Waals surface area contributed by atoms with Crippen molar-refractivity contribution in [3.63, 3.8) is 0 Å². The molecular weight excluding hydrogens is 294 g/mol. The zero-order valence-corrected chi connectivity index (χ0v) is 13.1. The molecule has 1 rings (SSSR count). The summed E-state index contributed by atoms with van der Waals surface area (Å²) in [5, 5.41) is 3.40. The predicted octanol–water partition coefficient (Wildman–Crippen LogP) is 3.53. The topological polar surface area (TPSA) is 30.5 Å². The Morgan fingerprint density at radius 2 is 2.06 bits per heavy atom. The molecular formula is C14H22BrNO2. The molecule has 0 spiro atoms. The molecule has 0 fully saturated rings. The summed E-state index contributed by atoms with van der Waals surface area (Å²) in [6.07, 6.45) is 0.0451. The molecule has 0 saturated carbocycles. The second kappa shape index (κ2) is 7.77. The average molecular weight is 316 g/mol. The van der Waals surface area contributed by atoms with Gasteiger partial charge in [0.25, 0.3) is 0 Å². The van der Waals surface area contributed by atoms with Crippen LogP contribution in [-0.4, -0.2) is 26.4 Å². The third-order valence-electron chi connectivity index (χ3n) is 2.68. The summed E-state index contributed by atoms with van der Waals surface area (Å²) in [7, 11) is 1.68. The van der Waals surface area contributed by atoms with E-state index in [-0.39, 0.29) is 12.1 Å². The number of hydrogen-bond donors (Lipinski definition) is 1. The standard InChI is InChI=1S/C14H22BrNO2/c1-5-16-11(3)13-8-12(15)6-7-14(13)18-10(2)9-17-4/h6-8,10-11,16H,5,9H2,1-4H3. The number of nitrogens with one attached hydrogen (secondary N) is 1. The second-order valence-corrected chi connectivity index (χ2v) is 5.26. The first-order valence-corrected chi connectivity index (χ1v) is 7.06.